The Morgan fingerprint density at radius 2 is 1.84 bits per heavy atom. The molecule has 2 aromatic rings. The molecule has 1 aromatic heterocycles. The molecule has 0 radical (unpaired) electrons. The predicted molar refractivity (Wildman–Crippen MR) is 112 cm³/mol. The third-order valence-corrected chi connectivity index (χ3v) is 4.38. The van der Waals surface area contributed by atoms with Crippen LogP contribution < -0.4 is 15.8 Å². The molecule has 12 nitrogen and oxygen atoms in total. The number of hydrogen-bond donors (Lipinski definition) is 5. The van der Waals surface area contributed by atoms with E-state index in [2.05, 4.69) is 5.32 Å². The molecule has 0 spiro atoms. The molecule has 1 unspecified atom stereocenters. The number of ether oxygens (including phenoxy) is 1. The molecular formula is C19H25N4O8S-. The third-order valence-electron chi connectivity index (χ3n) is 4.38. The summed E-state index contributed by atoms with van der Waals surface area (Å²) < 4.78 is 38.5. The molecule has 0 aliphatic carbocycles. The van der Waals surface area contributed by atoms with Crippen LogP contribution in [0.15, 0.2) is 48.8 Å². The van der Waals surface area contributed by atoms with E-state index in [0.29, 0.717) is 22.3 Å². The van der Waals surface area contributed by atoms with Crippen molar-refractivity contribution < 1.29 is 36.9 Å². The number of nitrogens with two attached hydrogens (primary N) is 1. The van der Waals surface area contributed by atoms with Gasteiger partial charge in [-0.05, 0) is 25.0 Å². The fraction of sp³-hybridized carbons (Fsp3) is 0.316. The molecule has 13 heteroatoms. The molecule has 0 bridgehead atoms. The number of nitrogens with zero attached hydrogens (tertiary/aromatic N) is 1. The number of aliphatic hydroxyl groups excluding tert-OH is 1. The van der Waals surface area contributed by atoms with Gasteiger partial charge in [-0.2, -0.15) is 4.73 Å². The Morgan fingerprint density at radius 1 is 1.28 bits per heavy atom. The van der Waals surface area contributed by atoms with Gasteiger partial charge < -0.3 is 30.7 Å². The molecule has 0 saturated carbocycles. The van der Waals surface area contributed by atoms with Crippen molar-refractivity contribution in [3.8, 4) is 0 Å². The Morgan fingerprint density at radius 3 is 2.34 bits per heavy atom. The Labute approximate surface area is 185 Å². The molecule has 0 aliphatic heterocycles. The van der Waals surface area contributed by atoms with E-state index >= 15 is 0 Å². The van der Waals surface area contributed by atoms with E-state index in [1.807, 2.05) is 6.07 Å². The van der Waals surface area contributed by atoms with Gasteiger partial charge in [0.25, 0.3) is 5.91 Å². The van der Waals surface area contributed by atoms with Crippen molar-refractivity contribution in [1.29, 1.82) is 5.41 Å². The summed E-state index contributed by atoms with van der Waals surface area (Å²) >= 11 is 0. The van der Waals surface area contributed by atoms with Gasteiger partial charge in [0, 0.05) is 36.8 Å². The number of aromatic nitrogens is 1. The summed E-state index contributed by atoms with van der Waals surface area (Å²) in [5.41, 5.74) is 7.32. The highest BCUT2D eigenvalue weighted by Gasteiger charge is 2.27. The molecule has 6 N–H and O–H groups in total. The van der Waals surface area contributed by atoms with Gasteiger partial charge in [0.15, 0.2) is 18.7 Å². The second-order valence-corrected chi connectivity index (χ2v) is 7.60. The van der Waals surface area contributed by atoms with E-state index in [-0.39, 0.29) is 11.7 Å². The predicted octanol–water partition coefficient (Wildman–Crippen LogP) is -0.449. The van der Waals surface area contributed by atoms with E-state index in [1.165, 1.54) is 31.6 Å². The SMILES string of the molecule is COC(O)[C@H](Cc1cccc(C(=N)N)c1)[C@@H](C)NC(=O)c1cc[n+]([O-])cc1.O=S(=O)([O-])O. The van der Waals surface area contributed by atoms with Gasteiger partial charge in [0.05, 0.1) is 5.56 Å². The minimum absolute atomic E-state index is 0.0401. The number of methoxy groups -OCH3 is 1. The molecule has 0 saturated heterocycles. The zero-order valence-electron chi connectivity index (χ0n) is 17.3. The maximum absolute atomic E-state index is 12.4. The number of benzene rings is 1. The van der Waals surface area contributed by atoms with Crippen molar-refractivity contribution >= 4 is 22.1 Å². The molecule has 1 aromatic carbocycles. The molecule has 176 valence electrons. The van der Waals surface area contributed by atoms with E-state index < -0.39 is 28.6 Å². The highest BCUT2D eigenvalue weighted by atomic mass is 32.3. The number of rotatable bonds is 8. The number of nitrogens with one attached hydrogen (secondary N) is 2. The van der Waals surface area contributed by atoms with Crippen LogP contribution in [0.4, 0.5) is 0 Å². The fourth-order valence-electron chi connectivity index (χ4n) is 2.80. The second-order valence-electron chi connectivity index (χ2n) is 6.74. The molecule has 1 heterocycles. The number of pyridine rings is 1. The molecule has 2 rings (SSSR count). The highest BCUT2D eigenvalue weighted by Crippen LogP contribution is 2.19. The zero-order chi connectivity index (χ0) is 24.5. The van der Waals surface area contributed by atoms with Gasteiger partial charge in [-0.15, -0.1) is 0 Å². The van der Waals surface area contributed by atoms with Crippen molar-refractivity contribution in [2.45, 2.75) is 25.7 Å². The molecule has 3 atom stereocenters. The first kappa shape index (κ1) is 26.9. The van der Waals surface area contributed by atoms with Gasteiger partial charge >= 0.3 is 0 Å². The normalized spacial score (nSPS) is 13.8. The van der Waals surface area contributed by atoms with E-state index in [4.69, 9.17) is 33.4 Å². The number of carbonyl (C=O) groups excluding carboxylic acids is 1. The van der Waals surface area contributed by atoms with Crippen LogP contribution in [0, 0.1) is 16.5 Å². The van der Waals surface area contributed by atoms with E-state index in [1.54, 1.807) is 25.1 Å². The van der Waals surface area contributed by atoms with Gasteiger partial charge in [0.1, 0.15) is 5.84 Å². The summed E-state index contributed by atoms with van der Waals surface area (Å²) in [5, 5.41) is 31.7. The van der Waals surface area contributed by atoms with Crippen molar-refractivity contribution in [3.05, 3.63) is 70.7 Å². The van der Waals surface area contributed by atoms with Gasteiger partial charge in [-0.25, -0.2) is 8.42 Å². The number of nitrogen functional groups attached to an aromatic ring is 1. The summed E-state index contributed by atoms with van der Waals surface area (Å²) in [4.78, 5) is 12.4. The average molecular weight is 469 g/mol. The first-order valence-corrected chi connectivity index (χ1v) is 10.5. The lowest BCUT2D eigenvalue weighted by Crippen LogP contribution is -2.44. The molecule has 32 heavy (non-hydrogen) atoms. The molecule has 0 fully saturated rings. The Hall–Kier alpha value is -3.10. The summed E-state index contributed by atoms with van der Waals surface area (Å²) in [6.07, 6.45) is 1.80. The van der Waals surface area contributed by atoms with E-state index in [9.17, 15) is 15.1 Å². The lowest BCUT2D eigenvalue weighted by Gasteiger charge is -2.28. The van der Waals surface area contributed by atoms with Crippen LogP contribution in [0.3, 0.4) is 0 Å². The number of hydrogen-bond acceptors (Lipinski definition) is 8. The largest absolute Gasteiger partial charge is 0.726 e. The second kappa shape index (κ2) is 12.1. The van der Waals surface area contributed by atoms with Crippen LogP contribution in [-0.2, 0) is 21.6 Å². The summed E-state index contributed by atoms with van der Waals surface area (Å²) in [7, 11) is -3.53. The zero-order valence-corrected chi connectivity index (χ0v) is 18.2. The lowest BCUT2D eigenvalue weighted by molar-refractivity contribution is -0.605. The first-order chi connectivity index (χ1) is 14.8. The first-order valence-electron chi connectivity index (χ1n) is 9.14. The Kier molecular flexibility index (Phi) is 10.2. The summed E-state index contributed by atoms with van der Waals surface area (Å²) in [5.74, 6) is -0.829. The van der Waals surface area contributed by atoms with Crippen molar-refractivity contribution in [2.24, 2.45) is 11.7 Å². The van der Waals surface area contributed by atoms with Gasteiger partial charge in [0.2, 0.25) is 10.4 Å². The van der Waals surface area contributed by atoms with Crippen LogP contribution in [-0.4, -0.2) is 53.8 Å². The number of carbonyl (C=O) groups is 1. The van der Waals surface area contributed by atoms with Crippen molar-refractivity contribution in [2.75, 3.05) is 7.11 Å². The van der Waals surface area contributed by atoms with Crippen LogP contribution in [0.1, 0.15) is 28.4 Å². The Balaban J connectivity index is 0.000000920. The van der Waals surface area contributed by atoms with Crippen LogP contribution in [0.5, 0.6) is 0 Å². The minimum Gasteiger partial charge on any atom is -0.726 e. The molecule has 1 amide bonds. The van der Waals surface area contributed by atoms with E-state index in [0.717, 1.165) is 5.56 Å². The number of amidine groups is 1. The summed E-state index contributed by atoms with van der Waals surface area (Å²) in [6, 6.07) is 9.58. The van der Waals surface area contributed by atoms with Crippen LogP contribution in [0.2, 0.25) is 0 Å². The number of amides is 1. The minimum atomic E-state index is -4.92. The monoisotopic (exact) mass is 469 g/mol. The standard InChI is InChI=1S/C19H24N4O4.H2O4S/c1-12(22-18(24)14-6-8-23(26)9-7-14)16(19(25)27-2)11-13-4-3-5-15(10-13)17(20)21;1-5(2,3)4/h3-10,12,16,19,25H,11H2,1-2H3,(H3,20,21)(H,22,24);(H2,1,2,3,4)/p-1/t12-,16-,19?;/m1./s1. The molecular weight excluding hydrogens is 444 g/mol. The summed E-state index contributed by atoms with van der Waals surface area (Å²) in [6.45, 7) is 1.77. The average Bonchev–Trinajstić information content (AvgIpc) is 2.70. The van der Waals surface area contributed by atoms with Crippen LogP contribution in [0.25, 0.3) is 0 Å². The van der Waals surface area contributed by atoms with Gasteiger partial charge in [-0.1, -0.05) is 18.2 Å². The number of aliphatic hydroxyl groups is 1. The van der Waals surface area contributed by atoms with Gasteiger partial charge in [-0.3, -0.25) is 14.8 Å². The third kappa shape index (κ3) is 9.80. The topological polar surface area (TPSA) is 213 Å². The lowest BCUT2D eigenvalue weighted by atomic mass is 9.91. The highest BCUT2D eigenvalue weighted by molar-refractivity contribution is 7.79. The maximum atomic E-state index is 12.4. The fourth-order valence-corrected chi connectivity index (χ4v) is 2.80. The van der Waals surface area contributed by atoms with Crippen LogP contribution >= 0.6 is 0 Å². The van der Waals surface area contributed by atoms with Crippen molar-refractivity contribution in [1.82, 2.24) is 5.32 Å². The smallest absolute Gasteiger partial charge is 0.251 e. The maximum Gasteiger partial charge on any atom is 0.251 e. The quantitative estimate of drug-likeness (QED) is 0.0643. The molecule has 0 aliphatic rings. The Bertz CT molecular complexity index is 1010. The van der Waals surface area contributed by atoms with Crippen molar-refractivity contribution in [3.63, 3.8) is 0 Å².